The molecule has 2 heterocycles. The van der Waals surface area contributed by atoms with E-state index in [2.05, 4.69) is 19.7 Å². The third-order valence-corrected chi connectivity index (χ3v) is 2.73. The van der Waals surface area contributed by atoms with Crippen LogP contribution in [0.5, 0.6) is 0 Å². The molecule has 0 aromatic carbocycles. The van der Waals surface area contributed by atoms with Gasteiger partial charge < -0.3 is 4.57 Å². The van der Waals surface area contributed by atoms with Crippen molar-refractivity contribution in [2.75, 3.05) is 0 Å². The minimum atomic E-state index is 0.594. The highest BCUT2D eigenvalue weighted by atomic mass is 15.3. The average Bonchev–Trinajstić information content (AvgIpc) is 2.98. The Balaban J connectivity index is 2.12. The predicted octanol–water partition coefficient (Wildman–Crippen LogP) is 1.98. The second-order valence-electron chi connectivity index (χ2n) is 3.96. The number of nitrogens with zero attached hydrogens (tertiary/aromatic N) is 4. The lowest BCUT2D eigenvalue weighted by Crippen LogP contribution is -1.99. The topological polar surface area (TPSA) is 43.6 Å². The van der Waals surface area contributed by atoms with Crippen molar-refractivity contribution >= 4 is 0 Å². The number of rotatable bonds is 2. The van der Waals surface area contributed by atoms with Gasteiger partial charge in [0.25, 0.3) is 0 Å². The van der Waals surface area contributed by atoms with Crippen LogP contribution in [0.2, 0.25) is 0 Å². The van der Waals surface area contributed by atoms with Crippen LogP contribution in [-0.2, 0) is 0 Å². The van der Waals surface area contributed by atoms with E-state index in [0.717, 1.165) is 17.1 Å². The first kappa shape index (κ1) is 8.59. The highest BCUT2D eigenvalue weighted by molar-refractivity contribution is 5.54. The first-order valence-corrected chi connectivity index (χ1v) is 5.18. The van der Waals surface area contributed by atoms with E-state index in [4.69, 9.17) is 0 Å². The molecule has 2 aromatic rings. The summed E-state index contributed by atoms with van der Waals surface area (Å²) in [5, 5.41) is 8.13. The number of hydrogen-bond donors (Lipinski definition) is 0. The van der Waals surface area contributed by atoms with Crippen molar-refractivity contribution in [1.82, 2.24) is 19.7 Å². The van der Waals surface area contributed by atoms with Crippen LogP contribution in [0.25, 0.3) is 11.5 Å². The van der Waals surface area contributed by atoms with Crippen LogP contribution < -0.4 is 0 Å². The third-order valence-electron chi connectivity index (χ3n) is 2.73. The second kappa shape index (κ2) is 3.15. The van der Waals surface area contributed by atoms with Crippen molar-refractivity contribution in [2.45, 2.75) is 25.8 Å². The Bertz CT molecular complexity index is 485. The molecule has 0 radical (unpaired) electrons. The Hall–Kier alpha value is -1.71. The molecule has 15 heavy (non-hydrogen) atoms. The molecule has 0 spiro atoms. The average molecular weight is 200 g/mol. The molecular formula is C11H12N4. The normalized spacial score (nSPS) is 15.5. The molecule has 0 unspecified atom stereocenters. The molecule has 4 nitrogen and oxygen atoms in total. The fourth-order valence-electron chi connectivity index (χ4n) is 1.75. The molecule has 0 atom stereocenters. The first-order valence-electron chi connectivity index (χ1n) is 5.18. The van der Waals surface area contributed by atoms with E-state index >= 15 is 0 Å². The van der Waals surface area contributed by atoms with Crippen LogP contribution in [0, 0.1) is 6.92 Å². The van der Waals surface area contributed by atoms with Gasteiger partial charge in [-0.15, -0.1) is 10.2 Å². The van der Waals surface area contributed by atoms with Crippen LogP contribution in [-0.4, -0.2) is 19.7 Å². The summed E-state index contributed by atoms with van der Waals surface area (Å²) in [6.45, 7) is 2.05. The number of hydrogen-bond acceptors (Lipinski definition) is 3. The van der Waals surface area contributed by atoms with Gasteiger partial charge in [0.15, 0.2) is 5.82 Å². The molecule has 0 saturated heterocycles. The lowest BCUT2D eigenvalue weighted by atomic mass is 10.2. The van der Waals surface area contributed by atoms with E-state index in [-0.39, 0.29) is 0 Å². The zero-order valence-corrected chi connectivity index (χ0v) is 8.59. The Kier molecular flexibility index (Phi) is 1.80. The maximum atomic E-state index is 4.37. The fourth-order valence-corrected chi connectivity index (χ4v) is 1.75. The van der Waals surface area contributed by atoms with E-state index < -0.39 is 0 Å². The Morgan fingerprint density at radius 3 is 3.00 bits per heavy atom. The van der Waals surface area contributed by atoms with Gasteiger partial charge in [0.05, 0.1) is 0 Å². The predicted molar refractivity (Wildman–Crippen MR) is 56.3 cm³/mol. The van der Waals surface area contributed by atoms with Crippen LogP contribution >= 0.6 is 0 Å². The van der Waals surface area contributed by atoms with Crippen molar-refractivity contribution in [3.63, 3.8) is 0 Å². The summed E-state index contributed by atoms with van der Waals surface area (Å²) < 4.78 is 2.13. The summed E-state index contributed by atoms with van der Waals surface area (Å²) in [6.07, 6.45) is 6.07. The van der Waals surface area contributed by atoms with E-state index in [1.165, 1.54) is 12.8 Å². The van der Waals surface area contributed by atoms with Crippen LogP contribution in [0.3, 0.4) is 0 Å². The van der Waals surface area contributed by atoms with Crippen LogP contribution in [0.15, 0.2) is 24.7 Å². The van der Waals surface area contributed by atoms with E-state index in [0.29, 0.717) is 6.04 Å². The zero-order chi connectivity index (χ0) is 10.3. The monoisotopic (exact) mass is 200 g/mol. The van der Waals surface area contributed by atoms with Gasteiger partial charge in [-0.25, -0.2) is 0 Å². The molecule has 2 aromatic heterocycles. The first-order chi connectivity index (χ1) is 7.36. The van der Waals surface area contributed by atoms with Crippen molar-refractivity contribution < 1.29 is 0 Å². The summed E-state index contributed by atoms with van der Waals surface area (Å²) >= 11 is 0. The molecule has 3 rings (SSSR count). The third kappa shape index (κ3) is 1.42. The molecule has 4 heteroatoms. The molecule has 1 aliphatic carbocycles. The summed E-state index contributed by atoms with van der Waals surface area (Å²) in [7, 11) is 0. The molecule has 0 amide bonds. The molecule has 0 bridgehead atoms. The molecule has 76 valence electrons. The number of aromatic nitrogens is 4. The summed E-state index contributed by atoms with van der Waals surface area (Å²) in [5.74, 6) is 0.899. The molecule has 1 saturated carbocycles. The number of aryl methyl sites for hydroxylation is 1. The van der Waals surface area contributed by atoms with Crippen molar-refractivity contribution in [3.05, 3.63) is 30.2 Å². The second-order valence-corrected chi connectivity index (χ2v) is 3.96. The van der Waals surface area contributed by atoms with Crippen molar-refractivity contribution in [2.24, 2.45) is 0 Å². The molecule has 1 fully saturated rings. The standard InChI is InChI=1S/C11H12N4/c1-8-3-2-6-12-10(8)11-14-13-7-15(11)9-4-5-9/h2-3,6-7,9H,4-5H2,1H3. The molecule has 0 aliphatic heterocycles. The molecular weight excluding hydrogens is 188 g/mol. The lowest BCUT2D eigenvalue weighted by Gasteiger charge is -2.05. The summed E-state index contributed by atoms with van der Waals surface area (Å²) in [6, 6.07) is 4.58. The number of pyridine rings is 1. The minimum absolute atomic E-state index is 0.594. The summed E-state index contributed by atoms with van der Waals surface area (Å²) in [5.41, 5.74) is 2.09. The van der Waals surface area contributed by atoms with Gasteiger partial charge in [-0.3, -0.25) is 4.98 Å². The van der Waals surface area contributed by atoms with Gasteiger partial charge in [-0.05, 0) is 31.4 Å². The Labute approximate surface area is 88.0 Å². The van der Waals surface area contributed by atoms with Gasteiger partial charge in [0.1, 0.15) is 12.0 Å². The van der Waals surface area contributed by atoms with Crippen molar-refractivity contribution in [1.29, 1.82) is 0 Å². The van der Waals surface area contributed by atoms with Crippen molar-refractivity contribution in [3.8, 4) is 11.5 Å². The van der Waals surface area contributed by atoms with Gasteiger partial charge in [-0.2, -0.15) is 0 Å². The SMILES string of the molecule is Cc1cccnc1-c1nncn1C1CC1. The largest absolute Gasteiger partial charge is 0.309 e. The smallest absolute Gasteiger partial charge is 0.182 e. The van der Waals surface area contributed by atoms with Gasteiger partial charge in [-0.1, -0.05) is 6.07 Å². The molecule has 1 aliphatic rings. The van der Waals surface area contributed by atoms with Crippen LogP contribution in [0.4, 0.5) is 0 Å². The maximum Gasteiger partial charge on any atom is 0.182 e. The maximum absolute atomic E-state index is 4.37. The van der Waals surface area contributed by atoms with Gasteiger partial charge in [0, 0.05) is 12.2 Å². The van der Waals surface area contributed by atoms with Gasteiger partial charge >= 0.3 is 0 Å². The minimum Gasteiger partial charge on any atom is -0.309 e. The summed E-state index contributed by atoms with van der Waals surface area (Å²) in [4.78, 5) is 4.37. The Morgan fingerprint density at radius 2 is 2.27 bits per heavy atom. The van der Waals surface area contributed by atoms with E-state index in [1.807, 2.05) is 19.1 Å². The molecule has 0 N–H and O–H groups in total. The highest BCUT2D eigenvalue weighted by Crippen LogP contribution is 2.37. The fraction of sp³-hybridized carbons (Fsp3) is 0.364. The zero-order valence-electron chi connectivity index (χ0n) is 8.59. The van der Waals surface area contributed by atoms with Gasteiger partial charge in [0.2, 0.25) is 0 Å². The Morgan fingerprint density at radius 1 is 1.40 bits per heavy atom. The van der Waals surface area contributed by atoms with E-state index in [1.54, 1.807) is 12.5 Å². The van der Waals surface area contributed by atoms with E-state index in [9.17, 15) is 0 Å². The van der Waals surface area contributed by atoms with Crippen LogP contribution in [0.1, 0.15) is 24.4 Å². The highest BCUT2D eigenvalue weighted by Gasteiger charge is 2.27. The lowest BCUT2D eigenvalue weighted by molar-refractivity contribution is 0.743. The quantitative estimate of drug-likeness (QED) is 0.744.